The van der Waals surface area contributed by atoms with E-state index in [4.69, 9.17) is 9.47 Å². The zero-order valence-corrected chi connectivity index (χ0v) is 21.3. The summed E-state index contributed by atoms with van der Waals surface area (Å²) in [6.45, 7) is 6.99. The van der Waals surface area contributed by atoms with E-state index in [0.29, 0.717) is 30.8 Å². The number of rotatable bonds is 9. The summed E-state index contributed by atoms with van der Waals surface area (Å²) in [5, 5.41) is 10.7. The molecular weight excluding hydrogens is 484 g/mol. The number of benzene rings is 1. The number of aromatic nitrogens is 4. The molecule has 198 valence electrons. The molecule has 10 nitrogen and oxygen atoms in total. The van der Waals surface area contributed by atoms with Crippen molar-refractivity contribution in [3.05, 3.63) is 53.6 Å². The first-order chi connectivity index (χ1) is 17.8. The number of hydrogen-bond donors (Lipinski definition) is 2. The van der Waals surface area contributed by atoms with Gasteiger partial charge in [0.2, 0.25) is 11.9 Å². The van der Waals surface area contributed by atoms with Crippen LogP contribution in [-0.2, 0) is 24.4 Å². The molecule has 1 aromatic carbocycles. The number of amides is 1. The molecule has 0 unspecified atom stereocenters. The van der Waals surface area contributed by atoms with E-state index in [1.165, 1.54) is 25.6 Å². The molecule has 12 heteroatoms. The van der Waals surface area contributed by atoms with Crippen LogP contribution in [0.3, 0.4) is 0 Å². The van der Waals surface area contributed by atoms with Crippen molar-refractivity contribution in [2.45, 2.75) is 52.4 Å². The molecular formula is C25H31F2N7O3. The van der Waals surface area contributed by atoms with Gasteiger partial charge < -0.3 is 25.0 Å². The molecule has 0 radical (unpaired) electrons. The molecule has 0 aliphatic carbocycles. The average molecular weight is 516 g/mol. The second-order valence-corrected chi connectivity index (χ2v) is 9.05. The Morgan fingerprint density at radius 1 is 1.16 bits per heavy atom. The lowest BCUT2D eigenvalue weighted by molar-refractivity contribution is -0.133. The Morgan fingerprint density at radius 2 is 1.86 bits per heavy atom. The molecule has 3 aromatic rings. The van der Waals surface area contributed by atoms with E-state index in [2.05, 4.69) is 39.5 Å². The summed E-state index contributed by atoms with van der Waals surface area (Å²) in [6.07, 6.45) is 6.45. The fourth-order valence-corrected chi connectivity index (χ4v) is 4.28. The van der Waals surface area contributed by atoms with Crippen molar-refractivity contribution >= 4 is 17.5 Å². The number of carbonyl (C=O) groups is 1. The lowest BCUT2D eigenvalue weighted by atomic mass is 10.1. The number of halogens is 2. The summed E-state index contributed by atoms with van der Waals surface area (Å²) < 4.78 is 41.3. The van der Waals surface area contributed by atoms with Gasteiger partial charge in [-0.1, -0.05) is 6.92 Å². The van der Waals surface area contributed by atoms with Crippen molar-refractivity contribution in [2.24, 2.45) is 0 Å². The molecule has 2 aromatic heterocycles. The first-order valence-electron chi connectivity index (χ1n) is 12.1. The summed E-state index contributed by atoms with van der Waals surface area (Å²) in [7, 11) is 1.33. The molecule has 4 rings (SSSR count). The van der Waals surface area contributed by atoms with Crippen molar-refractivity contribution in [3.8, 4) is 11.5 Å². The highest BCUT2D eigenvalue weighted by atomic mass is 19.1. The fraction of sp³-hybridized carbons (Fsp3) is 0.440. The van der Waals surface area contributed by atoms with E-state index >= 15 is 0 Å². The zero-order chi connectivity index (χ0) is 26.5. The summed E-state index contributed by atoms with van der Waals surface area (Å²) >= 11 is 0. The third-order valence-electron chi connectivity index (χ3n) is 6.04. The van der Waals surface area contributed by atoms with Crippen LogP contribution < -0.4 is 20.1 Å². The van der Waals surface area contributed by atoms with Crippen molar-refractivity contribution in [2.75, 3.05) is 25.5 Å². The molecule has 1 amide bonds. The highest BCUT2D eigenvalue weighted by Crippen LogP contribution is 2.28. The van der Waals surface area contributed by atoms with Gasteiger partial charge in [0.25, 0.3) is 0 Å². The molecule has 37 heavy (non-hydrogen) atoms. The fourth-order valence-electron chi connectivity index (χ4n) is 4.28. The largest absolute Gasteiger partial charge is 0.494 e. The minimum absolute atomic E-state index is 0.00238. The van der Waals surface area contributed by atoms with Crippen molar-refractivity contribution < 1.29 is 23.0 Å². The van der Waals surface area contributed by atoms with E-state index in [-0.39, 0.29) is 54.2 Å². The summed E-state index contributed by atoms with van der Waals surface area (Å²) in [4.78, 5) is 22.9. The van der Waals surface area contributed by atoms with Crippen LogP contribution in [-0.4, -0.2) is 62.8 Å². The van der Waals surface area contributed by atoms with Gasteiger partial charge in [-0.15, -0.1) is 0 Å². The minimum Gasteiger partial charge on any atom is -0.494 e. The first kappa shape index (κ1) is 26.3. The van der Waals surface area contributed by atoms with Gasteiger partial charge in [-0.3, -0.25) is 9.48 Å². The minimum atomic E-state index is -0.798. The van der Waals surface area contributed by atoms with E-state index in [9.17, 15) is 13.6 Å². The number of hydrogen-bond acceptors (Lipinski definition) is 8. The average Bonchev–Trinajstić information content (AvgIpc) is 3.31. The highest BCUT2D eigenvalue weighted by Gasteiger charge is 2.25. The SMILES string of the molecule is CCc1cc(OC)c(F)c(COc2cnc(Nc3cnn(CC(=O)N4C[C@@H](C)N[C@@H](C)C4)c3)nc2)c1F. The zero-order valence-electron chi connectivity index (χ0n) is 21.3. The van der Waals surface area contributed by atoms with Crippen LogP contribution in [0.1, 0.15) is 31.9 Å². The third kappa shape index (κ3) is 6.31. The lowest BCUT2D eigenvalue weighted by Crippen LogP contribution is -2.56. The Bertz CT molecular complexity index is 1200. The Hall–Kier alpha value is -3.80. The van der Waals surface area contributed by atoms with Crippen molar-refractivity contribution in [3.63, 3.8) is 0 Å². The van der Waals surface area contributed by atoms with Crippen LogP contribution in [0.4, 0.5) is 20.4 Å². The van der Waals surface area contributed by atoms with Gasteiger partial charge in [0.15, 0.2) is 17.3 Å². The Morgan fingerprint density at radius 3 is 2.51 bits per heavy atom. The molecule has 3 heterocycles. The second-order valence-electron chi connectivity index (χ2n) is 9.05. The maximum atomic E-state index is 14.6. The summed E-state index contributed by atoms with van der Waals surface area (Å²) in [5.41, 5.74) is 0.730. The molecule has 1 aliphatic rings. The van der Waals surface area contributed by atoms with Gasteiger partial charge in [-0.2, -0.15) is 5.10 Å². The maximum absolute atomic E-state index is 14.6. The maximum Gasteiger partial charge on any atom is 0.244 e. The Labute approximate surface area is 214 Å². The van der Waals surface area contributed by atoms with E-state index in [1.807, 2.05) is 4.90 Å². The number of nitrogens with one attached hydrogen (secondary N) is 2. The number of methoxy groups -OCH3 is 1. The second kappa shape index (κ2) is 11.5. The van der Waals surface area contributed by atoms with Crippen molar-refractivity contribution in [1.29, 1.82) is 0 Å². The van der Waals surface area contributed by atoms with Crippen LogP contribution in [0.15, 0.2) is 30.9 Å². The van der Waals surface area contributed by atoms with Gasteiger partial charge in [0.05, 0.1) is 37.0 Å². The number of carbonyl (C=O) groups excluding carboxylic acids is 1. The number of aryl methyl sites for hydroxylation is 1. The van der Waals surface area contributed by atoms with E-state index < -0.39 is 11.6 Å². The molecule has 1 fully saturated rings. The highest BCUT2D eigenvalue weighted by molar-refractivity contribution is 5.76. The smallest absolute Gasteiger partial charge is 0.244 e. The topological polar surface area (TPSA) is 106 Å². The predicted molar refractivity (Wildman–Crippen MR) is 133 cm³/mol. The summed E-state index contributed by atoms with van der Waals surface area (Å²) in [5.74, 6) is -0.972. The van der Waals surface area contributed by atoms with Gasteiger partial charge in [0, 0.05) is 31.4 Å². The quantitative estimate of drug-likeness (QED) is 0.448. The molecule has 0 saturated carbocycles. The molecule has 0 bridgehead atoms. The molecule has 0 spiro atoms. The Kier molecular flexibility index (Phi) is 8.17. The molecule has 1 aliphatic heterocycles. The number of nitrogens with zero attached hydrogens (tertiary/aromatic N) is 5. The van der Waals surface area contributed by atoms with Gasteiger partial charge in [0.1, 0.15) is 19.0 Å². The number of anilines is 2. The third-order valence-corrected chi connectivity index (χ3v) is 6.04. The Balaban J connectivity index is 1.34. The number of ether oxygens (including phenoxy) is 2. The van der Waals surface area contributed by atoms with Crippen LogP contribution in [0.25, 0.3) is 0 Å². The van der Waals surface area contributed by atoms with Crippen LogP contribution in [0, 0.1) is 11.6 Å². The van der Waals surface area contributed by atoms with Crippen LogP contribution in [0.5, 0.6) is 11.5 Å². The molecule has 2 atom stereocenters. The van der Waals surface area contributed by atoms with Gasteiger partial charge >= 0.3 is 0 Å². The normalized spacial score (nSPS) is 17.5. The van der Waals surface area contributed by atoms with E-state index in [0.717, 1.165) is 0 Å². The first-order valence-corrected chi connectivity index (χ1v) is 12.1. The van der Waals surface area contributed by atoms with Crippen molar-refractivity contribution in [1.82, 2.24) is 30.0 Å². The molecule has 1 saturated heterocycles. The monoisotopic (exact) mass is 515 g/mol. The van der Waals surface area contributed by atoms with E-state index in [1.54, 1.807) is 24.0 Å². The van der Waals surface area contributed by atoms with Gasteiger partial charge in [-0.25, -0.2) is 18.7 Å². The van der Waals surface area contributed by atoms with Crippen LogP contribution >= 0.6 is 0 Å². The standard InChI is InChI=1S/C25H31F2N7O3/c1-5-17-6-21(36-4)24(27)20(23(17)26)14-37-19-8-28-25(29-9-19)32-18-7-30-34(12-18)13-22(35)33-10-15(2)31-16(3)11-33/h6-9,12,15-16,31H,5,10-11,13-14H2,1-4H3,(H,28,29,32)/t15-,16+. The van der Waals surface area contributed by atoms with Gasteiger partial charge in [-0.05, 0) is 31.9 Å². The van der Waals surface area contributed by atoms with Crippen LogP contribution in [0.2, 0.25) is 0 Å². The summed E-state index contributed by atoms with van der Waals surface area (Å²) in [6, 6.07) is 1.84. The molecule has 2 N–H and O–H groups in total. The lowest BCUT2D eigenvalue weighted by Gasteiger charge is -2.36. The predicted octanol–water partition coefficient (Wildman–Crippen LogP) is 3.05. The number of piperazine rings is 1.